The molecule has 0 atom stereocenters. The van der Waals surface area contributed by atoms with Crippen LogP contribution in [0, 0.1) is 22.2 Å². The van der Waals surface area contributed by atoms with Crippen LogP contribution in [0.3, 0.4) is 0 Å². The first-order valence-corrected chi connectivity index (χ1v) is 12.5. The van der Waals surface area contributed by atoms with Crippen molar-refractivity contribution in [3.8, 4) is 22.2 Å². The van der Waals surface area contributed by atoms with Crippen molar-refractivity contribution in [3.05, 3.63) is 0 Å². The Bertz CT molecular complexity index is 240. The summed E-state index contributed by atoms with van der Waals surface area (Å²) in [5.74, 6) is 0. The average Bonchev–Trinajstić information content (AvgIpc) is 1.98. The van der Waals surface area contributed by atoms with Crippen LogP contribution in [0.5, 0.6) is 0 Å². The van der Waals surface area contributed by atoms with Gasteiger partial charge in [-0.3, -0.25) is 0 Å². The lowest BCUT2D eigenvalue weighted by molar-refractivity contribution is 1.93. The molecule has 0 heterocycles. The van der Waals surface area contributed by atoms with E-state index in [2.05, 4.69) is 61.5 Å². The van der Waals surface area contributed by atoms with Crippen molar-refractivity contribution in [1.29, 1.82) is 0 Å². The second-order valence-corrected chi connectivity index (χ2v) is 12.4. The maximum absolute atomic E-state index is 3.39. The van der Waals surface area contributed by atoms with Gasteiger partial charge in [-0.25, -0.2) is 0 Å². The Labute approximate surface area is 87.4 Å². The Hall–Kier alpha value is -0.229. The van der Waals surface area contributed by atoms with E-state index < -0.39 is 25.7 Å². The Morgan fingerprint density at radius 3 is 1.31 bits per heavy atom. The zero-order chi connectivity index (χ0) is 10.5. The first-order chi connectivity index (χ1) is 5.83. The third-order valence-electron chi connectivity index (χ3n) is 1.25. The van der Waals surface area contributed by atoms with Crippen LogP contribution >= 0.6 is 0 Å². The molecule has 3 heteroatoms. The van der Waals surface area contributed by atoms with Crippen molar-refractivity contribution in [3.63, 3.8) is 0 Å². The fraction of sp³-hybridized carbons (Fsp3) is 0.600. The molecule has 0 bridgehead atoms. The molecule has 0 aliphatic rings. The first kappa shape index (κ1) is 12.8. The first-order valence-electron chi connectivity index (χ1n) is 4.50. The fourth-order valence-electron chi connectivity index (χ4n) is 0.594. The highest BCUT2D eigenvalue weighted by Gasteiger charge is 2.13. The van der Waals surface area contributed by atoms with Crippen LogP contribution in [0.4, 0.5) is 0 Å². The predicted octanol–water partition coefficient (Wildman–Crippen LogP) is 2.37. The largest absolute Gasteiger partial charge is 0.209 e. The van der Waals surface area contributed by atoms with Crippen LogP contribution in [0.1, 0.15) is 0 Å². The van der Waals surface area contributed by atoms with Crippen molar-refractivity contribution >= 4 is 25.7 Å². The molecule has 0 aliphatic heterocycles. The summed E-state index contributed by atoms with van der Waals surface area (Å²) in [6, 6.07) is 0. The van der Waals surface area contributed by atoms with Crippen molar-refractivity contribution in [1.82, 2.24) is 0 Å². The lowest BCUT2D eigenvalue weighted by atomic mass is 11.3. The van der Waals surface area contributed by atoms with Crippen molar-refractivity contribution in [2.24, 2.45) is 0 Å². The highest BCUT2D eigenvalue weighted by Crippen LogP contribution is 1.97. The van der Waals surface area contributed by atoms with Gasteiger partial charge in [0.05, 0.1) is 0 Å². The summed E-state index contributed by atoms with van der Waals surface area (Å²) < 4.78 is 0. The molecule has 0 aliphatic carbocycles. The van der Waals surface area contributed by atoms with E-state index in [1.54, 1.807) is 0 Å². The summed E-state index contributed by atoms with van der Waals surface area (Å²) in [5.41, 5.74) is 13.4. The van der Waals surface area contributed by atoms with Gasteiger partial charge in [0, 0.05) is 0 Å². The van der Waals surface area contributed by atoms with Gasteiger partial charge in [0.1, 0.15) is 17.6 Å². The minimum absolute atomic E-state index is 0.391. The Morgan fingerprint density at radius 1 is 0.769 bits per heavy atom. The highest BCUT2D eigenvalue weighted by molar-refractivity contribution is 6.93. The summed E-state index contributed by atoms with van der Waals surface area (Å²) in [6.45, 7) is 13.4. The minimum Gasteiger partial charge on any atom is -0.139 e. The average molecular weight is 223 g/mol. The normalized spacial score (nSPS) is 10.5. The van der Waals surface area contributed by atoms with E-state index in [4.69, 9.17) is 0 Å². The second kappa shape index (κ2) is 5.49. The minimum atomic E-state index is -1.50. The fourth-order valence-corrected chi connectivity index (χ4v) is 5.16. The van der Waals surface area contributed by atoms with Gasteiger partial charge in [0.25, 0.3) is 0 Å². The Kier molecular flexibility index (Phi) is 5.39. The van der Waals surface area contributed by atoms with Gasteiger partial charge in [-0.15, -0.1) is 22.2 Å². The number of hydrogen-bond acceptors (Lipinski definition) is 0. The molecule has 0 aromatic carbocycles. The number of rotatable bonds is 0. The van der Waals surface area contributed by atoms with E-state index >= 15 is 0 Å². The molecule has 0 aromatic rings. The van der Waals surface area contributed by atoms with Crippen LogP contribution in [-0.4, -0.2) is 25.7 Å². The van der Waals surface area contributed by atoms with E-state index in [-0.39, 0.29) is 0 Å². The number of hydrogen-bond donors (Lipinski definition) is 0. The van der Waals surface area contributed by atoms with E-state index in [1.807, 2.05) is 0 Å². The SMILES string of the molecule is C[Si](C)C#C[Si](C)(C)C#C[Si](C)C. The van der Waals surface area contributed by atoms with Crippen molar-refractivity contribution < 1.29 is 0 Å². The summed E-state index contributed by atoms with van der Waals surface area (Å²) in [6.07, 6.45) is 0. The second-order valence-electron chi connectivity index (χ2n) is 4.12. The lowest BCUT2D eigenvalue weighted by Gasteiger charge is -2.04. The van der Waals surface area contributed by atoms with Gasteiger partial charge in [-0.2, -0.15) is 0 Å². The van der Waals surface area contributed by atoms with E-state index in [9.17, 15) is 0 Å². The Balaban J connectivity index is 4.46. The van der Waals surface area contributed by atoms with Crippen LogP contribution in [0.15, 0.2) is 0 Å². The molecular formula is C10H18Si3. The van der Waals surface area contributed by atoms with Crippen LogP contribution in [0.2, 0.25) is 39.3 Å². The van der Waals surface area contributed by atoms with Gasteiger partial charge < -0.3 is 0 Å². The van der Waals surface area contributed by atoms with Gasteiger partial charge in [0.15, 0.2) is 0 Å². The maximum Gasteiger partial charge on any atom is 0.209 e. The zero-order valence-corrected chi connectivity index (χ0v) is 12.5. The van der Waals surface area contributed by atoms with E-state index in [0.29, 0.717) is 0 Å². The highest BCUT2D eigenvalue weighted by atomic mass is 28.3. The molecule has 0 unspecified atom stereocenters. The smallest absolute Gasteiger partial charge is 0.139 e. The molecule has 70 valence electrons. The molecule has 0 aromatic heterocycles. The van der Waals surface area contributed by atoms with Gasteiger partial charge >= 0.3 is 0 Å². The zero-order valence-electron chi connectivity index (χ0n) is 9.50. The standard InChI is InChI=1S/C10H18Si3/c1-11(2)7-9-13(5,6)10-8-12(3)4/h1-6H3. The molecular weight excluding hydrogens is 204 g/mol. The summed E-state index contributed by atoms with van der Waals surface area (Å²) in [5, 5.41) is 0. The molecule has 0 saturated heterocycles. The van der Waals surface area contributed by atoms with Crippen molar-refractivity contribution in [2.75, 3.05) is 0 Å². The molecule has 0 spiro atoms. The summed E-state index contributed by atoms with van der Waals surface area (Å²) >= 11 is 0. The van der Waals surface area contributed by atoms with Gasteiger partial charge in [-0.05, 0) is 13.1 Å². The van der Waals surface area contributed by atoms with Crippen LogP contribution in [0.25, 0.3) is 0 Å². The third-order valence-corrected chi connectivity index (χ3v) is 4.50. The van der Waals surface area contributed by atoms with E-state index in [1.165, 1.54) is 0 Å². The molecule has 13 heavy (non-hydrogen) atoms. The molecule has 0 fully saturated rings. The summed E-state index contributed by atoms with van der Waals surface area (Å²) in [7, 11) is -2.28. The van der Waals surface area contributed by atoms with Crippen LogP contribution < -0.4 is 0 Å². The monoisotopic (exact) mass is 222 g/mol. The Morgan fingerprint density at radius 2 is 1.08 bits per heavy atom. The van der Waals surface area contributed by atoms with Crippen molar-refractivity contribution in [2.45, 2.75) is 39.3 Å². The molecule has 0 saturated carbocycles. The van der Waals surface area contributed by atoms with Gasteiger partial charge in [0.2, 0.25) is 8.07 Å². The molecule has 0 N–H and O–H groups in total. The summed E-state index contributed by atoms with van der Waals surface area (Å²) in [4.78, 5) is 0. The molecule has 2 radical (unpaired) electrons. The molecule has 0 nitrogen and oxygen atoms in total. The molecule has 0 amide bonds. The quantitative estimate of drug-likeness (QED) is 0.436. The van der Waals surface area contributed by atoms with Crippen LogP contribution in [-0.2, 0) is 0 Å². The lowest BCUT2D eigenvalue weighted by Crippen LogP contribution is -2.22. The van der Waals surface area contributed by atoms with Gasteiger partial charge in [-0.1, -0.05) is 26.2 Å². The third kappa shape index (κ3) is 8.11. The predicted molar refractivity (Wildman–Crippen MR) is 68.0 cm³/mol. The maximum atomic E-state index is 3.39. The molecule has 0 rings (SSSR count). The topological polar surface area (TPSA) is 0 Å². The van der Waals surface area contributed by atoms with E-state index in [0.717, 1.165) is 0 Å².